The number of guanidine groups is 1. The largest absolute Gasteiger partial charge is 0.493 e. The van der Waals surface area contributed by atoms with Gasteiger partial charge in [0.1, 0.15) is 0 Å². The lowest BCUT2D eigenvalue weighted by Gasteiger charge is -2.30. The predicted molar refractivity (Wildman–Crippen MR) is 144 cm³/mol. The first-order valence-electron chi connectivity index (χ1n) is 12.1. The zero-order chi connectivity index (χ0) is 22.9. The Morgan fingerprint density at radius 3 is 2.58 bits per heavy atom. The van der Waals surface area contributed by atoms with Crippen LogP contribution in [0, 0.1) is 5.92 Å². The first kappa shape index (κ1) is 27.5. The minimum atomic E-state index is 0. The molecule has 1 aromatic rings. The fourth-order valence-electron chi connectivity index (χ4n) is 4.75. The third kappa shape index (κ3) is 7.93. The number of fused-ring (bicyclic) bond motifs is 1. The first-order chi connectivity index (χ1) is 15.5. The fraction of sp³-hybridized carbons (Fsp3) is 0.680. The zero-order valence-corrected chi connectivity index (χ0v) is 22.9. The number of halogens is 1. The normalized spacial score (nSPS) is 20.4. The Morgan fingerprint density at radius 2 is 1.91 bits per heavy atom. The van der Waals surface area contributed by atoms with E-state index >= 15 is 0 Å². The molecule has 0 spiro atoms. The van der Waals surface area contributed by atoms with Gasteiger partial charge < -0.3 is 25.0 Å². The molecule has 1 fully saturated rings. The Balaban J connectivity index is 0.00000385. The summed E-state index contributed by atoms with van der Waals surface area (Å²) in [6.07, 6.45) is 7.14. The van der Waals surface area contributed by atoms with E-state index in [1.54, 1.807) is 14.2 Å². The lowest BCUT2D eigenvalue weighted by Crippen LogP contribution is -2.45. The topological polar surface area (TPSA) is 75.2 Å². The molecule has 0 radical (unpaired) electrons. The highest BCUT2D eigenvalue weighted by molar-refractivity contribution is 14.0. The van der Waals surface area contributed by atoms with E-state index in [9.17, 15) is 4.79 Å². The Labute approximate surface area is 216 Å². The Hall–Kier alpha value is -1.71. The van der Waals surface area contributed by atoms with Gasteiger partial charge in [-0.2, -0.15) is 0 Å². The number of ether oxygens (including phenoxy) is 2. The molecule has 1 heterocycles. The van der Waals surface area contributed by atoms with Gasteiger partial charge in [-0.3, -0.25) is 9.79 Å². The number of benzene rings is 1. The van der Waals surface area contributed by atoms with Gasteiger partial charge in [-0.15, -0.1) is 24.0 Å². The van der Waals surface area contributed by atoms with Gasteiger partial charge >= 0.3 is 0 Å². The van der Waals surface area contributed by atoms with E-state index in [4.69, 9.17) is 14.5 Å². The fourth-order valence-corrected chi connectivity index (χ4v) is 4.75. The summed E-state index contributed by atoms with van der Waals surface area (Å²) in [7, 11) is 3.29. The van der Waals surface area contributed by atoms with Crippen LogP contribution < -0.4 is 20.1 Å². The van der Waals surface area contributed by atoms with E-state index < -0.39 is 0 Å². The van der Waals surface area contributed by atoms with E-state index in [-0.39, 0.29) is 29.9 Å². The van der Waals surface area contributed by atoms with Gasteiger partial charge in [-0.05, 0) is 61.8 Å². The minimum absolute atomic E-state index is 0. The highest BCUT2D eigenvalue weighted by Gasteiger charge is 2.23. The molecule has 0 bridgehead atoms. The van der Waals surface area contributed by atoms with Gasteiger partial charge in [-0.1, -0.05) is 19.8 Å². The van der Waals surface area contributed by atoms with Crippen LogP contribution in [0.25, 0.3) is 0 Å². The summed E-state index contributed by atoms with van der Waals surface area (Å²) in [5.41, 5.74) is 2.37. The molecule has 1 amide bonds. The maximum atomic E-state index is 12.8. The van der Waals surface area contributed by atoms with Crippen LogP contribution in [0.5, 0.6) is 11.5 Å². The molecule has 8 heteroatoms. The number of carbonyl (C=O) groups excluding carboxylic acids is 1. The summed E-state index contributed by atoms with van der Waals surface area (Å²) in [6, 6.07) is 4.54. The molecule has 0 saturated heterocycles. The molecule has 2 atom stereocenters. The van der Waals surface area contributed by atoms with Crippen molar-refractivity contribution in [1.29, 1.82) is 0 Å². The van der Waals surface area contributed by atoms with Gasteiger partial charge in [0.2, 0.25) is 5.91 Å². The van der Waals surface area contributed by atoms with E-state index in [0.717, 1.165) is 49.1 Å². The minimum Gasteiger partial charge on any atom is -0.493 e. The van der Waals surface area contributed by atoms with Crippen molar-refractivity contribution in [3.8, 4) is 11.5 Å². The maximum Gasteiger partial charge on any atom is 0.222 e. The van der Waals surface area contributed by atoms with Crippen LogP contribution in [-0.4, -0.2) is 56.7 Å². The third-order valence-corrected chi connectivity index (χ3v) is 6.51. The number of hydrogen-bond donors (Lipinski definition) is 2. The second-order valence-corrected chi connectivity index (χ2v) is 9.02. The van der Waals surface area contributed by atoms with Crippen molar-refractivity contribution in [2.75, 3.05) is 33.9 Å². The van der Waals surface area contributed by atoms with Crippen molar-refractivity contribution >= 4 is 35.8 Å². The zero-order valence-electron chi connectivity index (χ0n) is 20.6. The third-order valence-electron chi connectivity index (χ3n) is 6.51. The van der Waals surface area contributed by atoms with Crippen LogP contribution in [-0.2, 0) is 17.8 Å². The van der Waals surface area contributed by atoms with Gasteiger partial charge in [0.25, 0.3) is 0 Å². The molecular weight excluding hydrogens is 531 g/mol. The number of rotatable bonds is 8. The molecule has 0 aromatic heterocycles. The maximum absolute atomic E-state index is 12.8. The quantitative estimate of drug-likeness (QED) is 0.212. The summed E-state index contributed by atoms with van der Waals surface area (Å²) >= 11 is 0. The molecule has 1 aromatic carbocycles. The highest BCUT2D eigenvalue weighted by atomic mass is 127. The van der Waals surface area contributed by atoms with Crippen LogP contribution in [0.1, 0.15) is 63.5 Å². The lowest BCUT2D eigenvalue weighted by atomic mass is 9.87. The Kier molecular flexibility index (Phi) is 11.6. The number of hydrogen-bond acceptors (Lipinski definition) is 4. The number of amides is 1. The first-order valence-corrected chi connectivity index (χ1v) is 12.1. The van der Waals surface area contributed by atoms with Crippen LogP contribution >= 0.6 is 24.0 Å². The van der Waals surface area contributed by atoms with E-state index in [2.05, 4.69) is 24.5 Å². The smallest absolute Gasteiger partial charge is 0.222 e. The summed E-state index contributed by atoms with van der Waals surface area (Å²) in [5.74, 6) is 3.31. The van der Waals surface area contributed by atoms with E-state index in [1.165, 1.54) is 31.2 Å². The second kappa shape index (κ2) is 13.9. The highest BCUT2D eigenvalue weighted by Crippen LogP contribution is 2.33. The summed E-state index contributed by atoms with van der Waals surface area (Å²) < 4.78 is 10.8. The van der Waals surface area contributed by atoms with Crippen LogP contribution in [0.15, 0.2) is 17.1 Å². The SMILES string of the molecule is CCNC(=NCCCC(=O)N1CCc2cc(OC)c(OC)cc2C1)NC1CCCC(C)C1.I. The average molecular weight is 573 g/mol. The van der Waals surface area contributed by atoms with Crippen LogP contribution in [0.2, 0.25) is 0 Å². The molecule has 7 nitrogen and oxygen atoms in total. The van der Waals surface area contributed by atoms with Gasteiger partial charge in [0, 0.05) is 38.6 Å². The summed E-state index contributed by atoms with van der Waals surface area (Å²) in [4.78, 5) is 19.5. The van der Waals surface area contributed by atoms with Crippen molar-refractivity contribution in [1.82, 2.24) is 15.5 Å². The van der Waals surface area contributed by atoms with Gasteiger partial charge in [0.15, 0.2) is 17.5 Å². The van der Waals surface area contributed by atoms with Crippen molar-refractivity contribution in [3.05, 3.63) is 23.3 Å². The molecule has 1 aliphatic carbocycles. The average Bonchev–Trinajstić information content (AvgIpc) is 2.80. The molecule has 2 N–H and O–H groups in total. The standard InChI is InChI=1S/C25H40N4O3.HI/c1-5-26-25(28-21-9-6-8-18(2)14-21)27-12-7-10-24(30)29-13-11-19-15-22(31-3)23(32-4)16-20(19)17-29;/h15-16,18,21H,5-14,17H2,1-4H3,(H2,26,27,28);1H. The molecule has 2 aliphatic rings. The van der Waals surface area contributed by atoms with E-state index in [1.807, 2.05) is 17.0 Å². The van der Waals surface area contributed by atoms with Crippen molar-refractivity contribution in [3.63, 3.8) is 0 Å². The Morgan fingerprint density at radius 1 is 1.18 bits per heavy atom. The number of nitrogens with one attached hydrogen (secondary N) is 2. The number of methoxy groups -OCH3 is 2. The van der Waals surface area contributed by atoms with E-state index in [0.29, 0.717) is 31.3 Å². The van der Waals surface area contributed by atoms with Crippen LogP contribution in [0.3, 0.4) is 0 Å². The lowest BCUT2D eigenvalue weighted by molar-refractivity contribution is -0.132. The van der Waals surface area contributed by atoms with Crippen LogP contribution in [0.4, 0.5) is 0 Å². The molecule has 3 rings (SSSR count). The number of carbonyl (C=O) groups is 1. The molecule has 1 saturated carbocycles. The van der Waals surface area contributed by atoms with Gasteiger partial charge in [0.05, 0.1) is 14.2 Å². The van der Waals surface area contributed by atoms with Gasteiger partial charge in [-0.25, -0.2) is 0 Å². The second-order valence-electron chi connectivity index (χ2n) is 9.02. The summed E-state index contributed by atoms with van der Waals surface area (Å²) in [6.45, 7) is 7.28. The van der Waals surface area contributed by atoms with Crippen molar-refractivity contribution in [2.45, 2.75) is 71.4 Å². The summed E-state index contributed by atoms with van der Waals surface area (Å²) in [5, 5.41) is 6.94. The number of nitrogens with zero attached hydrogens (tertiary/aromatic N) is 2. The monoisotopic (exact) mass is 572 g/mol. The van der Waals surface area contributed by atoms with Crippen molar-refractivity contribution < 1.29 is 14.3 Å². The number of aliphatic imine (C=N–C) groups is 1. The molecule has 186 valence electrons. The van der Waals surface area contributed by atoms with Crippen molar-refractivity contribution in [2.24, 2.45) is 10.9 Å². The molecule has 1 aliphatic heterocycles. The predicted octanol–water partition coefficient (Wildman–Crippen LogP) is 4.12. The molecule has 33 heavy (non-hydrogen) atoms. The Bertz CT molecular complexity index is 802. The molecular formula is C25H41IN4O3. The molecule has 2 unspecified atom stereocenters.